The van der Waals surface area contributed by atoms with E-state index in [0.717, 1.165) is 43.2 Å². The predicted octanol–water partition coefficient (Wildman–Crippen LogP) is 1.93. The summed E-state index contributed by atoms with van der Waals surface area (Å²) < 4.78 is 5.49. The molecule has 1 saturated carbocycles. The molecule has 1 aliphatic rings. The van der Waals surface area contributed by atoms with Gasteiger partial charge in [-0.1, -0.05) is 12.8 Å². The number of hydrogen-bond acceptors (Lipinski definition) is 4. The summed E-state index contributed by atoms with van der Waals surface area (Å²) >= 11 is 0. The summed E-state index contributed by atoms with van der Waals surface area (Å²) in [6.07, 6.45) is 4.34. The minimum Gasteiger partial charge on any atom is -0.444 e. The lowest BCUT2D eigenvalue weighted by Gasteiger charge is -2.27. The number of aromatic nitrogens is 1. The number of aliphatic hydroxyl groups excluding tert-OH is 1. The molecule has 1 aromatic rings. The van der Waals surface area contributed by atoms with Crippen LogP contribution in [0.25, 0.3) is 0 Å². The zero-order valence-corrected chi connectivity index (χ0v) is 10.7. The van der Waals surface area contributed by atoms with Crippen molar-refractivity contribution in [2.75, 3.05) is 6.54 Å². The van der Waals surface area contributed by atoms with Crippen LogP contribution in [0.4, 0.5) is 0 Å². The van der Waals surface area contributed by atoms with Crippen molar-refractivity contribution in [2.45, 2.75) is 52.2 Å². The van der Waals surface area contributed by atoms with Gasteiger partial charge in [0.25, 0.3) is 0 Å². The molecule has 2 unspecified atom stereocenters. The molecule has 1 heterocycles. The van der Waals surface area contributed by atoms with Gasteiger partial charge in [0.05, 0.1) is 18.3 Å². The molecule has 1 aromatic heterocycles. The average Bonchev–Trinajstić information content (AvgIpc) is 2.61. The molecule has 2 rings (SSSR count). The van der Waals surface area contributed by atoms with Crippen molar-refractivity contribution in [3.05, 3.63) is 17.3 Å². The maximum Gasteiger partial charge on any atom is 0.208 e. The fourth-order valence-corrected chi connectivity index (χ4v) is 2.41. The Balaban J connectivity index is 1.75. The van der Waals surface area contributed by atoms with Crippen LogP contribution < -0.4 is 5.32 Å². The quantitative estimate of drug-likeness (QED) is 0.841. The largest absolute Gasteiger partial charge is 0.444 e. The van der Waals surface area contributed by atoms with Crippen molar-refractivity contribution in [3.8, 4) is 0 Å². The summed E-state index contributed by atoms with van der Waals surface area (Å²) in [6.45, 7) is 5.38. The van der Waals surface area contributed by atoms with Crippen LogP contribution in [0.5, 0.6) is 0 Å². The van der Waals surface area contributed by atoms with Crippen LogP contribution >= 0.6 is 0 Å². The van der Waals surface area contributed by atoms with Crippen LogP contribution in [0.2, 0.25) is 0 Å². The SMILES string of the molecule is Cc1nc(CNCC2CCCCC2O)oc1C. The van der Waals surface area contributed by atoms with Gasteiger partial charge in [-0.15, -0.1) is 0 Å². The number of rotatable bonds is 4. The Hall–Kier alpha value is -0.870. The van der Waals surface area contributed by atoms with Gasteiger partial charge < -0.3 is 14.8 Å². The molecule has 0 bridgehead atoms. The van der Waals surface area contributed by atoms with E-state index in [9.17, 15) is 5.11 Å². The second kappa shape index (κ2) is 5.65. The van der Waals surface area contributed by atoms with Crippen LogP contribution in [0, 0.1) is 19.8 Å². The lowest BCUT2D eigenvalue weighted by molar-refractivity contribution is 0.0692. The highest BCUT2D eigenvalue weighted by molar-refractivity contribution is 5.05. The van der Waals surface area contributed by atoms with E-state index in [1.807, 2.05) is 13.8 Å². The molecule has 0 aromatic carbocycles. The van der Waals surface area contributed by atoms with E-state index in [0.29, 0.717) is 12.5 Å². The van der Waals surface area contributed by atoms with Crippen molar-refractivity contribution in [1.82, 2.24) is 10.3 Å². The minimum atomic E-state index is -0.135. The van der Waals surface area contributed by atoms with Crippen LogP contribution in [-0.2, 0) is 6.54 Å². The van der Waals surface area contributed by atoms with E-state index in [-0.39, 0.29) is 6.10 Å². The molecule has 2 N–H and O–H groups in total. The molecular weight excluding hydrogens is 216 g/mol. The monoisotopic (exact) mass is 238 g/mol. The van der Waals surface area contributed by atoms with Crippen LogP contribution in [0.15, 0.2) is 4.42 Å². The molecule has 0 saturated heterocycles. The van der Waals surface area contributed by atoms with E-state index >= 15 is 0 Å². The van der Waals surface area contributed by atoms with Gasteiger partial charge in [-0.05, 0) is 32.6 Å². The molecule has 4 heteroatoms. The normalized spacial score (nSPS) is 25.1. The first-order valence-corrected chi connectivity index (χ1v) is 6.48. The summed E-state index contributed by atoms with van der Waals surface area (Å²) in [6, 6.07) is 0. The molecule has 0 aliphatic heterocycles. The van der Waals surface area contributed by atoms with E-state index in [1.165, 1.54) is 6.42 Å². The van der Waals surface area contributed by atoms with Crippen LogP contribution in [-0.4, -0.2) is 22.7 Å². The molecule has 0 spiro atoms. The highest BCUT2D eigenvalue weighted by atomic mass is 16.4. The van der Waals surface area contributed by atoms with E-state index in [1.54, 1.807) is 0 Å². The summed E-state index contributed by atoms with van der Waals surface area (Å²) in [5.74, 6) is 2.02. The number of hydrogen-bond donors (Lipinski definition) is 2. The van der Waals surface area contributed by atoms with Crippen molar-refractivity contribution in [3.63, 3.8) is 0 Å². The lowest BCUT2D eigenvalue weighted by Crippen LogP contribution is -2.33. The minimum absolute atomic E-state index is 0.135. The molecule has 1 fully saturated rings. The highest BCUT2D eigenvalue weighted by Gasteiger charge is 2.22. The number of aryl methyl sites for hydroxylation is 2. The fraction of sp³-hybridized carbons (Fsp3) is 0.769. The molecule has 0 amide bonds. The molecule has 1 aliphatic carbocycles. The van der Waals surface area contributed by atoms with Crippen molar-refractivity contribution in [2.24, 2.45) is 5.92 Å². The standard InChI is InChI=1S/C13H22N2O2/c1-9-10(2)17-13(15-9)8-14-7-11-5-3-4-6-12(11)16/h11-12,14,16H,3-8H2,1-2H3. The number of aliphatic hydroxyl groups is 1. The molecule has 0 radical (unpaired) electrons. The van der Waals surface area contributed by atoms with Crippen LogP contribution in [0.3, 0.4) is 0 Å². The second-order valence-electron chi connectivity index (χ2n) is 4.99. The number of oxazole rings is 1. The van der Waals surface area contributed by atoms with Gasteiger partial charge in [-0.3, -0.25) is 0 Å². The van der Waals surface area contributed by atoms with Gasteiger partial charge in [0.1, 0.15) is 5.76 Å². The molecule has 17 heavy (non-hydrogen) atoms. The Bertz CT molecular complexity index is 343. The van der Waals surface area contributed by atoms with Gasteiger partial charge >= 0.3 is 0 Å². The van der Waals surface area contributed by atoms with Gasteiger partial charge in [0.15, 0.2) is 0 Å². The van der Waals surface area contributed by atoms with Crippen molar-refractivity contribution < 1.29 is 9.52 Å². The third kappa shape index (κ3) is 3.30. The maximum absolute atomic E-state index is 9.84. The summed E-state index contributed by atoms with van der Waals surface area (Å²) in [5, 5.41) is 13.2. The Morgan fingerprint density at radius 1 is 1.35 bits per heavy atom. The third-order valence-corrected chi connectivity index (χ3v) is 3.62. The lowest BCUT2D eigenvalue weighted by atomic mass is 9.86. The average molecular weight is 238 g/mol. The third-order valence-electron chi connectivity index (χ3n) is 3.62. The van der Waals surface area contributed by atoms with Crippen molar-refractivity contribution in [1.29, 1.82) is 0 Å². The number of nitrogens with zero attached hydrogens (tertiary/aromatic N) is 1. The summed E-state index contributed by atoms with van der Waals surface area (Å²) in [5.41, 5.74) is 0.958. The first-order chi connectivity index (χ1) is 8.16. The van der Waals surface area contributed by atoms with E-state index < -0.39 is 0 Å². The Morgan fingerprint density at radius 2 is 2.12 bits per heavy atom. The molecular formula is C13H22N2O2. The zero-order chi connectivity index (χ0) is 12.3. The van der Waals surface area contributed by atoms with Gasteiger partial charge in [-0.2, -0.15) is 0 Å². The fourth-order valence-electron chi connectivity index (χ4n) is 2.41. The van der Waals surface area contributed by atoms with Crippen LogP contribution in [0.1, 0.15) is 43.0 Å². The highest BCUT2D eigenvalue weighted by Crippen LogP contribution is 2.23. The topological polar surface area (TPSA) is 58.3 Å². The van der Waals surface area contributed by atoms with Crippen molar-refractivity contribution >= 4 is 0 Å². The summed E-state index contributed by atoms with van der Waals surface area (Å²) in [7, 11) is 0. The van der Waals surface area contributed by atoms with Gasteiger partial charge in [-0.25, -0.2) is 4.98 Å². The Labute approximate surface area is 102 Å². The molecule has 4 nitrogen and oxygen atoms in total. The zero-order valence-electron chi connectivity index (χ0n) is 10.7. The number of nitrogens with one attached hydrogen (secondary N) is 1. The second-order valence-corrected chi connectivity index (χ2v) is 4.99. The van der Waals surface area contributed by atoms with E-state index in [2.05, 4.69) is 10.3 Å². The Kier molecular flexibility index (Phi) is 4.18. The predicted molar refractivity (Wildman–Crippen MR) is 65.6 cm³/mol. The summed E-state index contributed by atoms with van der Waals surface area (Å²) in [4.78, 5) is 4.32. The van der Waals surface area contributed by atoms with Gasteiger partial charge in [0.2, 0.25) is 5.89 Å². The first kappa shape index (κ1) is 12.6. The smallest absolute Gasteiger partial charge is 0.208 e. The molecule has 96 valence electrons. The van der Waals surface area contributed by atoms with E-state index in [4.69, 9.17) is 4.42 Å². The Morgan fingerprint density at radius 3 is 2.76 bits per heavy atom. The molecule has 2 atom stereocenters. The first-order valence-electron chi connectivity index (χ1n) is 6.48. The van der Waals surface area contributed by atoms with Gasteiger partial charge in [0, 0.05) is 6.54 Å². The maximum atomic E-state index is 9.84.